The van der Waals surface area contributed by atoms with Gasteiger partial charge in [-0.2, -0.15) is 11.8 Å². The first kappa shape index (κ1) is 34.3. The highest BCUT2D eigenvalue weighted by molar-refractivity contribution is 7.99. The highest BCUT2D eigenvalue weighted by atomic mass is 32.2. The van der Waals surface area contributed by atoms with Gasteiger partial charge in [0.1, 0.15) is 11.5 Å². The zero-order chi connectivity index (χ0) is 31.7. The molecule has 2 atom stereocenters. The minimum Gasteiger partial charge on any atom is -0.497 e. The van der Waals surface area contributed by atoms with Gasteiger partial charge in [0.05, 0.1) is 14.2 Å². The summed E-state index contributed by atoms with van der Waals surface area (Å²) in [5, 5.41) is 0. The average Bonchev–Trinajstić information content (AvgIpc) is 3.06. The van der Waals surface area contributed by atoms with Crippen LogP contribution in [0.15, 0.2) is 97.1 Å². The van der Waals surface area contributed by atoms with Crippen molar-refractivity contribution in [2.75, 3.05) is 37.2 Å². The molecule has 0 spiro atoms. The predicted molar refractivity (Wildman–Crippen MR) is 195 cm³/mol. The van der Waals surface area contributed by atoms with Crippen LogP contribution in [0, 0.1) is 11.8 Å². The van der Waals surface area contributed by atoms with Gasteiger partial charge in [-0.3, -0.25) is 0 Å². The second kappa shape index (κ2) is 19.1. The number of thioether (sulfide) groups is 1. The van der Waals surface area contributed by atoms with E-state index in [1.165, 1.54) is 72.3 Å². The van der Waals surface area contributed by atoms with Crippen LogP contribution >= 0.6 is 11.8 Å². The number of nitrogen functional groups attached to an aromatic ring is 2. The number of hydrogen-bond acceptors (Lipinski definition) is 5. The van der Waals surface area contributed by atoms with Gasteiger partial charge < -0.3 is 20.9 Å². The Labute approximate surface area is 275 Å². The molecular weight excluding hydrogens is 573 g/mol. The lowest BCUT2D eigenvalue weighted by atomic mass is 9.88. The maximum absolute atomic E-state index is 5.93. The first-order valence-corrected chi connectivity index (χ1v) is 17.7. The van der Waals surface area contributed by atoms with Gasteiger partial charge in [-0.1, -0.05) is 61.4 Å². The number of rotatable bonds is 20. The minimum atomic E-state index is 0.621. The summed E-state index contributed by atoms with van der Waals surface area (Å²) >= 11 is 2.13. The zero-order valence-corrected chi connectivity index (χ0v) is 28.1. The fourth-order valence-corrected chi connectivity index (χ4v) is 7.11. The van der Waals surface area contributed by atoms with Crippen molar-refractivity contribution in [2.45, 2.75) is 64.2 Å². The predicted octanol–water partition coefficient (Wildman–Crippen LogP) is 9.45. The van der Waals surface area contributed by atoms with Crippen molar-refractivity contribution in [2.24, 2.45) is 11.8 Å². The first-order chi connectivity index (χ1) is 22.0. The van der Waals surface area contributed by atoms with Crippen LogP contribution in [0.1, 0.15) is 60.8 Å². The fraction of sp³-hybridized carbons (Fsp3) is 0.400. The van der Waals surface area contributed by atoms with Crippen LogP contribution in [0.5, 0.6) is 11.5 Å². The molecule has 0 aliphatic carbocycles. The van der Waals surface area contributed by atoms with E-state index in [0.717, 1.165) is 48.6 Å². The summed E-state index contributed by atoms with van der Waals surface area (Å²) < 4.78 is 10.7. The topological polar surface area (TPSA) is 70.5 Å². The summed E-state index contributed by atoms with van der Waals surface area (Å²) in [6.45, 7) is 0. The number of anilines is 2. The highest BCUT2D eigenvalue weighted by Gasteiger charge is 2.13. The first-order valence-electron chi connectivity index (χ1n) is 16.5. The van der Waals surface area contributed by atoms with Gasteiger partial charge in [0, 0.05) is 11.4 Å². The molecular formula is C40H52N2O2S. The second-order valence-electron chi connectivity index (χ2n) is 12.3. The van der Waals surface area contributed by atoms with E-state index in [0.29, 0.717) is 11.8 Å². The van der Waals surface area contributed by atoms with Crippen molar-refractivity contribution in [3.8, 4) is 11.5 Å². The van der Waals surface area contributed by atoms with E-state index >= 15 is 0 Å². The maximum atomic E-state index is 5.93. The standard InChI is InChI=1S/C40H52N2O2S/c1-43-39-21-13-33(14-22-39)29-35(27-31-9-17-37(41)18-10-31)7-3-5-25-45-26-6-4-8-36(28-32-11-19-38(42)20-12-32)30-34-15-23-40(44-2)24-16-34/h9-24,35-36H,3-8,25-30,41-42H2,1-2H3. The van der Waals surface area contributed by atoms with E-state index in [1.54, 1.807) is 14.2 Å². The van der Waals surface area contributed by atoms with Crippen LogP contribution in [-0.4, -0.2) is 25.7 Å². The van der Waals surface area contributed by atoms with Crippen molar-refractivity contribution in [3.05, 3.63) is 119 Å². The van der Waals surface area contributed by atoms with Crippen LogP contribution in [0.2, 0.25) is 0 Å². The lowest BCUT2D eigenvalue weighted by Crippen LogP contribution is -2.09. The van der Waals surface area contributed by atoms with E-state index in [-0.39, 0.29) is 0 Å². The number of nitrogens with two attached hydrogens (primary N) is 2. The molecule has 0 aromatic heterocycles. The normalized spacial score (nSPS) is 12.5. The van der Waals surface area contributed by atoms with Crippen molar-refractivity contribution in [1.29, 1.82) is 0 Å². The Morgan fingerprint density at radius 3 is 1.09 bits per heavy atom. The molecule has 0 bridgehead atoms. The number of hydrogen-bond donors (Lipinski definition) is 2. The Bertz CT molecular complexity index is 1250. The van der Waals surface area contributed by atoms with Gasteiger partial charge in [0.2, 0.25) is 0 Å². The molecule has 0 aliphatic heterocycles. The van der Waals surface area contributed by atoms with E-state index < -0.39 is 0 Å². The number of methoxy groups -OCH3 is 2. The highest BCUT2D eigenvalue weighted by Crippen LogP contribution is 2.25. The van der Waals surface area contributed by atoms with Crippen LogP contribution in [0.4, 0.5) is 11.4 Å². The smallest absolute Gasteiger partial charge is 0.118 e. The summed E-state index contributed by atoms with van der Waals surface area (Å²) in [6, 6.07) is 34.0. The lowest BCUT2D eigenvalue weighted by molar-refractivity contribution is 0.414. The molecule has 4 aromatic carbocycles. The Hall–Kier alpha value is -3.57. The minimum absolute atomic E-state index is 0.621. The van der Waals surface area contributed by atoms with Gasteiger partial charge in [0.25, 0.3) is 0 Å². The SMILES string of the molecule is COc1ccc(CC(CCCCSCCCCC(Cc2ccc(N)cc2)Cc2ccc(OC)cc2)Cc2ccc(N)cc2)cc1. The molecule has 4 rings (SSSR count). The molecule has 2 unspecified atom stereocenters. The zero-order valence-electron chi connectivity index (χ0n) is 27.3. The van der Waals surface area contributed by atoms with Crippen LogP contribution in [0.3, 0.4) is 0 Å². The van der Waals surface area contributed by atoms with Crippen molar-refractivity contribution in [1.82, 2.24) is 0 Å². The third kappa shape index (κ3) is 12.8. The maximum Gasteiger partial charge on any atom is 0.118 e. The number of ether oxygens (including phenoxy) is 2. The number of unbranched alkanes of at least 4 members (excludes halogenated alkanes) is 2. The average molecular weight is 625 g/mol. The van der Waals surface area contributed by atoms with Crippen molar-refractivity contribution in [3.63, 3.8) is 0 Å². The molecule has 4 aromatic rings. The molecule has 4 nitrogen and oxygen atoms in total. The number of benzene rings is 4. The van der Waals surface area contributed by atoms with Gasteiger partial charge in [0.15, 0.2) is 0 Å². The van der Waals surface area contributed by atoms with Crippen molar-refractivity contribution < 1.29 is 9.47 Å². The van der Waals surface area contributed by atoms with E-state index in [4.69, 9.17) is 20.9 Å². The van der Waals surface area contributed by atoms with Gasteiger partial charge in [-0.25, -0.2) is 0 Å². The quantitative estimate of drug-likeness (QED) is 0.0757. The Morgan fingerprint density at radius 2 is 0.778 bits per heavy atom. The molecule has 0 fully saturated rings. The molecule has 45 heavy (non-hydrogen) atoms. The third-order valence-electron chi connectivity index (χ3n) is 8.68. The molecule has 0 saturated heterocycles. The summed E-state index contributed by atoms with van der Waals surface area (Å²) in [5.41, 5.74) is 19.0. The van der Waals surface area contributed by atoms with Gasteiger partial charge >= 0.3 is 0 Å². The molecule has 5 heteroatoms. The Balaban J connectivity index is 1.17. The third-order valence-corrected chi connectivity index (χ3v) is 9.83. The lowest BCUT2D eigenvalue weighted by Gasteiger charge is -2.18. The van der Waals surface area contributed by atoms with Gasteiger partial charge in [-0.15, -0.1) is 0 Å². The molecule has 0 saturated carbocycles. The largest absolute Gasteiger partial charge is 0.497 e. The van der Waals surface area contributed by atoms with Crippen LogP contribution in [-0.2, 0) is 25.7 Å². The molecule has 0 aliphatic rings. The van der Waals surface area contributed by atoms with Crippen molar-refractivity contribution >= 4 is 23.1 Å². The summed E-state index contributed by atoms with van der Waals surface area (Å²) in [7, 11) is 3.45. The summed E-state index contributed by atoms with van der Waals surface area (Å²) in [4.78, 5) is 0. The Kier molecular flexibility index (Phi) is 14.5. The van der Waals surface area contributed by atoms with Crippen LogP contribution in [0.25, 0.3) is 0 Å². The summed E-state index contributed by atoms with van der Waals surface area (Å²) in [5.74, 6) is 5.57. The molecule has 240 valence electrons. The molecule has 0 radical (unpaired) electrons. The van der Waals surface area contributed by atoms with E-state index in [9.17, 15) is 0 Å². The summed E-state index contributed by atoms with van der Waals surface area (Å²) in [6.07, 6.45) is 12.0. The van der Waals surface area contributed by atoms with E-state index in [2.05, 4.69) is 84.6 Å². The molecule has 0 heterocycles. The van der Waals surface area contributed by atoms with Crippen LogP contribution < -0.4 is 20.9 Å². The molecule has 0 amide bonds. The monoisotopic (exact) mass is 624 g/mol. The van der Waals surface area contributed by atoms with E-state index in [1.807, 2.05) is 24.3 Å². The Morgan fingerprint density at radius 1 is 0.467 bits per heavy atom. The molecule has 4 N–H and O–H groups in total. The fourth-order valence-electron chi connectivity index (χ4n) is 6.09. The van der Waals surface area contributed by atoms with Gasteiger partial charge in [-0.05, 0) is 145 Å². The second-order valence-corrected chi connectivity index (χ2v) is 13.6.